The molecule has 1 saturated heterocycles. The van der Waals surface area contributed by atoms with Gasteiger partial charge in [0.2, 0.25) is 0 Å². The van der Waals surface area contributed by atoms with Gasteiger partial charge in [-0.1, -0.05) is 29.8 Å². The van der Waals surface area contributed by atoms with Gasteiger partial charge in [-0.25, -0.2) is 0 Å². The highest BCUT2D eigenvalue weighted by Crippen LogP contribution is 2.23. The van der Waals surface area contributed by atoms with Gasteiger partial charge in [-0.2, -0.15) is 0 Å². The van der Waals surface area contributed by atoms with Gasteiger partial charge in [0.05, 0.1) is 19.3 Å². The molecule has 1 aromatic heterocycles. The summed E-state index contributed by atoms with van der Waals surface area (Å²) in [4.78, 5) is 8.92. The number of ether oxygens (including phenoxy) is 1. The maximum Gasteiger partial charge on any atom is 0.193 e. The summed E-state index contributed by atoms with van der Waals surface area (Å²) >= 11 is 6.31. The number of benzene rings is 1. The predicted molar refractivity (Wildman–Crippen MR) is 128 cm³/mol. The molecular weight excluding hydrogens is 503 g/mol. The number of aliphatic imine (C=N–C) groups is 1. The molecule has 0 bridgehead atoms. The van der Waals surface area contributed by atoms with Crippen LogP contribution < -0.4 is 5.32 Å². The minimum absolute atomic E-state index is 0. The fourth-order valence-corrected chi connectivity index (χ4v) is 3.66. The van der Waals surface area contributed by atoms with Gasteiger partial charge in [0.1, 0.15) is 11.5 Å². The van der Waals surface area contributed by atoms with Gasteiger partial charge < -0.3 is 19.4 Å². The maximum absolute atomic E-state index is 6.31. The van der Waals surface area contributed by atoms with Crippen molar-refractivity contribution in [2.75, 3.05) is 46.9 Å². The lowest BCUT2D eigenvalue weighted by Gasteiger charge is -2.34. The highest BCUT2D eigenvalue weighted by atomic mass is 127. The van der Waals surface area contributed by atoms with E-state index in [1.807, 2.05) is 44.3 Å². The summed E-state index contributed by atoms with van der Waals surface area (Å²) in [6, 6.07) is 12.1. The first-order chi connectivity index (χ1) is 13.6. The lowest BCUT2D eigenvalue weighted by molar-refractivity contribution is 0.0123. The number of hydrogen-bond donors (Lipinski definition) is 1. The summed E-state index contributed by atoms with van der Waals surface area (Å²) in [6.45, 7) is 6.63. The van der Waals surface area contributed by atoms with E-state index in [4.69, 9.17) is 20.8 Å². The Labute approximate surface area is 195 Å². The van der Waals surface area contributed by atoms with Crippen molar-refractivity contribution in [3.8, 4) is 0 Å². The van der Waals surface area contributed by atoms with Crippen molar-refractivity contribution in [3.05, 3.63) is 58.5 Å². The second kappa shape index (κ2) is 11.8. The van der Waals surface area contributed by atoms with Gasteiger partial charge >= 0.3 is 0 Å². The number of hydrogen-bond acceptors (Lipinski definition) is 4. The van der Waals surface area contributed by atoms with Crippen LogP contribution in [0.3, 0.4) is 0 Å². The smallest absolute Gasteiger partial charge is 0.193 e. The first kappa shape index (κ1) is 24.0. The first-order valence-corrected chi connectivity index (χ1v) is 9.99. The van der Waals surface area contributed by atoms with E-state index < -0.39 is 0 Å². The molecule has 0 radical (unpaired) electrons. The molecule has 2 aromatic rings. The number of rotatable bonds is 6. The Kier molecular flexibility index (Phi) is 9.74. The molecule has 160 valence electrons. The van der Waals surface area contributed by atoms with Crippen LogP contribution in [0.2, 0.25) is 5.02 Å². The van der Waals surface area contributed by atoms with Crippen molar-refractivity contribution in [1.82, 2.24) is 15.1 Å². The predicted octanol–water partition coefficient (Wildman–Crippen LogP) is 3.94. The highest BCUT2D eigenvalue weighted by molar-refractivity contribution is 14.0. The molecule has 6 nitrogen and oxygen atoms in total. The van der Waals surface area contributed by atoms with Crippen LogP contribution in [-0.2, 0) is 11.3 Å². The molecule has 8 heteroatoms. The minimum Gasteiger partial charge on any atom is -0.465 e. The number of guanidine groups is 1. The SMILES string of the molecule is CN=C(NCC(c1ccc(C)o1)N1CCOCC1)N(C)Cc1ccccc1Cl.I. The van der Waals surface area contributed by atoms with Crippen molar-refractivity contribution in [3.63, 3.8) is 0 Å². The quantitative estimate of drug-likeness (QED) is 0.347. The zero-order chi connectivity index (χ0) is 19.9. The van der Waals surface area contributed by atoms with E-state index in [0.29, 0.717) is 13.1 Å². The van der Waals surface area contributed by atoms with Crippen LogP contribution in [0.4, 0.5) is 0 Å². The van der Waals surface area contributed by atoms with Crippen molar-refractivity contribution in [2.45, 2.75) is 19.5 Å². The van der Waals surface area contributed by atoms with Gasteiger partial charge in [0.25, 0.3) is 0 Å². The van der Waals surface area contributed by atoms with E-state index in [2.05, 4.69) is 26.2 Å². The van der Waals surface area contributed by atoms with Crippen LogP contribution in [0, 0.1) is 6.92 Å². The molecule has 1 aliphatic rings. The van der Waals surface area contributed by atoms with Crippen LogP contribution in [0.5, 0.6) is 0 Å². The highest BCUT2D eigenvalue weighted by Gasteiger charge is 2.25. The van der Waals surface area contributed by atoms with Gasteiger partial charge in [0.15, 0.2) is 5.96 Å². The molecule has 29 heavy (non-hydrogen) atoms. The zero-order valence-corrected chi connectivity index (χ0v) is 20.3. The van der Waals surface area contributed by atoms with E-state index in [1.165, 1.54) is 0 Å². The number of furan rings is 1. The number of nitrogens with one attached hydrogen (secondary N) is 1. The van der Waals surface area contributed by atoms with Crippen LogP contribution in [0.25, 0.3) is 0 Å². The van der Waals surface area contributed by atoms with E-state index in [0.717, 1.165) is 54.4 Å². The molecule has 1 unspecified atom stereocenters. The van der Waals surface area contributed by atoms with Crippen molar-refractivity contribution in [2.24, 2.45) is 4.99 Å². The fraction of sp³-hybridized carbons (Fsp3) is 0.476. The summed E-state index contributed by atoms with van der Waals surface area (Å²) < 4.78 is 11.5. The van der Waals surface area contributed by atoms with Gasteiger partial charge in [-0.3, -0.25) is 9.89 Å². The third kappa shape index (κ3) is 6.60. The summed E-state index contributed by atoms with van der Waals surface area (Å²) in [6.07, 6.45) is 0. The van der Waals surface area contributed by atoms with E-state index in [-0.39, 0.29) is 30.0 Å². The Bertz CT molecular complexity index is 792. The third-order valence-corrected chi connectivity index (χ3v) is 5.34. The zero-order valence-electron chi connectivity index (χ0n) is 17.2. The van der Waals surface area contributed by atoms with Crippen molar-refractivity contribution >= 4 is 41.5 Å². The molecule has 0 aliphatic carbocycles. The lowest BCUT2D eigenvalue weighted by Crippen LogP contribution is -2.46. The Morgan fingerprint density at radius 3 is 2.59 bits per heavy atom. The van der Waals surface area contributed by atoms with Crippen molar-refractivity contribution < 1.29 is 9.15 Å². The second-order valence-electron chi connectivity index (χ2n) is 6.99. The Hall–Kier alpha value is -1.29. The molecule has 1 fully saturated rings. The molecule has 1 aromatic carbocycles. The maximum atomic E-state index is 6.31. The Morgan fingerprint density at radius 2 is 1.97 bits per heavy atom. The van der Waals surface area contributed by atoms with E-state index in [1.54, 1.807) is 7.05 Å². The molecule has 1 aliphatic heterocycles. The van der Waals surface area contributed by atoms with E-state index >= 15 is 0 Å². The molecular formula is C21H30ClIN4O2. The molecule has 2 heterocycles. The van der Waals surface area contributed by atoms with Crippen LogP contribution in [0.15, 0.2) is 45.8 Å². The van der Waals surface area contributed by atoms with Crippen molar-refractivity contribution in [1.29, 1.82) is 0 Å². The number of halogens is 2. The topological polar surface area (TPSA) is 53.2 Å². The molecule has 1 atom stereocenters. The Morgan fingerprint density at radius 1 is 1.24 bits per heavy atom. The molecule has 0 amide bonds. The summed E-state index contributed by atoms with van der Waals surface area (Å²) in [5.74, 6) is 2.71. The second-order valence-corrected chi connectivity index (χ2v) is 7.40. The third-order valence-electron chi connectivity index (χ3n) is 4.97. The molecule has 0 saturated carbocycles. The van der Waals surface area contributed by atoms with Crippen LogP contribution in [0.1, 0.15) is 23.1 Å². The fourth-order valence-electron chi connectivity index (χ4n) is 3.46. The van der Waals surface area contributed by atoms with E-state index in [9.17, 15) is 0 Å². The number of morpholine rings is 1. The summed E-state index contributed by atoms with van der Waals surface area (Å²) in [5.41, 5.74) is 1.07. The Balaban J connectivity index is 0.00000300. The summed E-state index contributed by atoms with van der Waals surface area (Å²) in [7, 11) is 3.81. The number of aryl methyl sites for hydroxylation is 1. The molecule has 3 rings (SSSR count). The number of nitrogens with zero attached hydrogens (tertiary/aromatic N) is 3. The normalized spacial score (nSPS) is 16.2. The summed E-state index contributed by atoms with van der Waals surface area (Å²) in [5, 5.41) is 4.27. The molecule has 1 N–H and O–H groups in total. The molecule has 0 spiro atoms. The van der Waals surface area contributed by atoms with Crippen LogP contribution in [-0.4, -0.2) is 62.7 Å². The standard InChI is InChI=1S/C21H29ClN4O2.HI/c1-16-8-9-20(28-16)19(26-10-12-27-13-11-26)14-24-21(23-2)25(3)15-17-6-4-5-7-18(17)22;/h4-9,19H,10-15H2,1-3H3,(H,23,24);1H. The van der Waals surface area contributed by atoms with Crippen LogP contribution >= 0.6 is 35.6 Å². The minimum atomic E-state index is 0. The average Bonchev–Trinajstić information content (AvgIpc) is 3.13. The first-order valence-electron chi connectivity index (χ1n) is 9.62. The largest absolute Gasteiger partial charge is 0.465 e. The lowest BCUT2D eigenvalue weighted by atomic mass is 10.1. The monoisotopic (exact) mass is 532 g/mol. The average molecular weight is 533 g/mol. The van der Waals surface area contributed by atoms with Gasteiger partial charge in [-0.05, 0) is 30.7 Å². The van der Waals surface area contributed by atoms with Gasteiger partial charge in [0, 0.05) is 45.3 Å². The van der Waals surface area contributed by atoms with Gasteiger partial charge in [-0.15, -0.1) is 24.0 Å².